The molecule has 0 unspecified atom stereocenters. The van der Waals surface area contributed by atoms with Gasteiger partial charge >= 0.3 is 0 Å². The largest absolute Gasteiger partial charge is 0.334 e. The van der Waals surface area contributed by atoms with Gasteiger partial charge in [0.1, 0.15) is 0 Å². The summed E-state index contributed by atoms with van der Waals surface area (Å²) in [4.78, 5) is 16.6. The molecule has 21 heavy (non-hydrogen) atoms. The zero-order valence-corrected chi connectivity index (χ0v) is 13.6. The summed E-state index contributed by atoms with van der Waals surface area (Å²) in [5.74, 6) is 0.219. The molecule has 1 aliphatic rings. The van der Waals surface area contributed by atoms with E-state index in [1.54, 1.807) is 0 Å². The van der Waals surface area contributed by atoms with E-state index in [9.17, 15) is 4.79 Å². The SMILES string of the molecule is O=C(CCCn1cnc2c1CCCC2)c1ccc(Br)cc1. The third kappa shape index (κ3) is 3.43. The van der Waals surface area contributed by atoms with E-state index in [0.29, 0.717) is 6.42 Å². The Morgan fingerprint density at radius 2 is 1.95 bits per heavy atom. The number of imidazole rings is 1. The maximum atomic E-state index is 12.1. The molecule has 0 saturated heterocycles. The van der Waals surface area contributed by atoms with E-state index in [1.807, 2.05) is 30.6 Å². The van der Waals surface area contributed by atoms with Crippen LogP contribution in [0.3, 0.4) is 0 Å². The van der Waals surface area contributed by atoms with Crippen molar-refractivity contribution < 1.29 is 4.79 Å². The van der Waals surface area contributed by atoms with Gasteiger partial charge in [-0.15, -0.1) is 0 Å². The Bertz CT molecular complexity index is 631. The molecule has 110 valence electrons. The highest BCUT2D eigenvalue weighted by molar-refractivity contribution is 9.10. The molecule has 0 aliphatic heterocycles. The van der Waals surface area contributed by atoms with Gasteiger partial charge in [0.05, 0.1) is 12.0 Å². The number of fused-ring (bicyclic) bond motifs is 1. The van der Waals surface area contributed by atoms with Crippen molar-refractivity contribution in [2.75, 3.05) is 0 Å². The minimum Gasteiger partial charge on any atom is -0.334 e. The van der Waals surface area contributed by atoms with Crippen molar-refractivity contribution in [1.82, 2.24) is 9.55 Å². The number of aromatic nitrogens is 2. The Labute approximate surface area is 133 Å². The molecule has 0 N–H and O–H groups in total. The van der Waals surface area contributed by atoms with Crippen LogP contribution < -0.4 is 0 Å². The molecule has 0 radical (unpaired) electrons. The number of benzene rings is 1. The Hall–Kier alpha value is -1.42. The fourth-order valence-corrected chi connectivity index (χ4v) is 3.18. The number of hydrogen-bond acceptors (Lipinski definition) is 2. The zero-order chi connectivity index (χ0) is 14.7. The molecular formula is C17H19BrN2O. The van der Waals surface area contributed by atoms with Crippen molar-refractivity contribution in [3.8, 4) is 0 Å². The Morgan fingerprint density at radius 3 is 2.76 bits per heavy atom. The van der Waals surface area contributed by atoms with Gasteiger partial charge in [-0.3, -0.25) is 4.79 Å². The quantitative estimate of drug-likeness (QED) is 0.761. The van der Waals surface area contributed by atoms with E-state index >= 15 is 0 Å². The highest BCUT2D eigenvalue weighted by Crippen LogP contribution is 2.20. The number of nitrogens with zero attached hydrogens (tertiary/aromatic N) is 2. The molecule has 0 fully saturated rings. The third-order valence-corrected chi connectivity index (χ3v) is 4.61. The molecule has 3 rings (SSSR count). The molecule has 4 heteroatoms. The van der Waals surface area contributed by atoms with Gasteiger partial charge in [0.15, 0.2) is 5.78 Å². The summed E-state index contributed by atoms with van der Waals surface area (Å²) in [6.45, 7) is 0.893. The molecule has 1 aromatic heterocycles. The first kappa shape index (κ1) is 14.5. The number of carbonyl (C=O) groups is 1. The smallest absolute Gasteiger partial charge is 0.162 e. The van der Waals surface area contributed by atoms with E-state index in [4.69, 9.17) is 0 Å². The van der Waals surface area contributed by atoms with E-state index in [2.05, 4.69) is 25.5 Å². The molecule has 1 aromatic carbocycles. The van der Waals surface area contributed by atoms with Crippen LogP contribution >= 0.6 is 15.9 Å². The summed E-state index contributed by atoms with van der Waals surface area (Å²) in [7, 11) is 0. The van der Waals surface area contributed by atoms with Crippen LogP contribution in [0.25, 0.3) is 0 Å². The van der Waals surface area contributed by atoms with Crippen LogP contribution in [0.5, 0.6) is 0 Å². The first-order valence-corrected chi connectivity index (χ1v) is 8.35. The van der Waals surface area contributed by atoms with E-state index < -0.39 is 0 Å². The van der Waals surface area contributed by atoms with Gasteiger partial charge in [-0.25, -0.2) is 4.98 Å². The summed E-state index contributed by atoms with van der Waals surface area (Å²) in [5.41, 5.74) is 3.45. The van der Waals surface area contributed by atoms with Crippen molar-refractivity contribution in [3.63, 3.8) is 0 Å². The molecule has 0 amide bonds. The van der Waals surface area contributed by atoms with E-state index in [-0.39, 0.29) is 5.78 Å². The standard InChI is InChI=1S/C17H19BrN2O/c18-14-9-7-13(8-10-14)17(21)6-3-11-20-12-19-15-4-1-2-5-16(15)20/h7-10,12H,1-6,11H2. The first-order valence-electron chi connectivity index (χ1n) is 7.55. The summed E-state index contributed by atoms with van der Waals surface area (Å²) >= 11 is 3.39. The van der Waals surface area contributed by atoms with Crippen LogP contribution in [0.4, 0.5) is 0 Å². The van der Waals surface area contributed by atoms with Gasteiger partial charge in [0, 0.05) is 28.7 Å². The van der Waals surface area contributed by atoms with Crippen LogP contribution in [-0.4, -0.2) is 15.3 Å². The van der Waals surface area contributed by atoms with Crippen LogP contribution in [0, 0.1) is 0 Å². The second-order valence-electron chi connectivity index (χ2n) is 5.57. The lowest BCUT2D eigenvalue weighted by Crippen LogP contribution is -2.09. The Kier molecular flexibility index (Phi) is 4.54. The Morgan fingerprint density at radius 1 is 1.19 bits per heavy atom. The van der Waals surface area contributed by atoms with E-state index in [0.717, 1.165) is 35.8 Å². The number of rotatable bonds is 5. The highest BCUT2D eigenvalue weighted by Gasteiger charge is 2.15. The molecular weight excluding hydrogens is 328 g/mol. The van der Waals surface area contributed by atoms with Crippen molar-refractivity contribution in [1.29, 1.82) is 0 Å². The van der Waals surface area contributed by atoms with Gasteiger partial charge in [-0.1, -0.05) is 28.1 Å². The van der Waals surface area contributed by atoms with Crippen molar-refractivity contribution in [2.24, 2.45) is 0 Å². The minimum atomic E-state index is 0.219. The predicted molar refractivity (Wildman–Crippen MR) is 86.6 cm³/mol. The second kappa shape index (κ2) is 6.56. The average Bonchev–Trinajstić information content (AvgIpc) is 2.91. The fourth-order valence-electron chi connectivity index (χ4n) is 2.91. The normalized spacial score (nSPS) is 14.0. The second-order valence-corrected chi connectivity index (χ2v) is 6.49. The van der Waals surface area contributed by atoms with E-state index in [1.165, 1.54) is 24.2 Å². The maximum Gasteiger partial charge on any atom is 0.162 e. The molecule has 0 spiro atoms. The molecule has 1 heterocycles. The molecule has 0 bridgehead atoms. The third-order valence-electron chi connectivity index (χ3n) is 4.08. The monoisotopic (exact) mass is 346 g/mol. The lowest BCUT2D eigenvalue weighted by Gasteiger charge is -2.13. The Balaban J connectivity index is 1.55. The van der Waals surface area contributed by atoms with Gasteiger partial charge in [0.2, 0.25) is 0 Å². The number of aryl methyl sites for hydroxylation is 2. The number of halogens is 1. The van der Waals surface area contributed by atoms with Crippen LogP contribution in [0.2, 0.25) is 0 Å². The average molecular weight is 347 g/mol. The van der Waals surface area contributed by atoms with Crippen molar-refractivity contribution in [2.45, 2.75) is 45.1 Å². The van der Waals surface area contributed by atoms with Crippen LogP contribution in [-0.2, 0) is 19.4 Å². The molecule has 0 saturated carbocycles. The van der Waals surface area contributed by atoms with Gasteiger partial charge in [-0.05, 0) is 44.2 Å². The summed E-state index contributed by atoms with van der Waals surface area (Å²) < 4.78 is 3.24. The van der Waals surface area contributed by atoms with Crippen LogP contribution in [0.1, 0.15) is 47.4 Å². The highest BCUT2D eigenvalue weighted by atomic mass is 79.9. The number of Topliss-reactive ketones (excluding diaryl/α,β-unsaturated/α-hetero) is 1. The molecule has 1 aliphatic carbocycles. The van der Waals surface area contributed by atoms with Crippen molar-refractivity contribution >= 4 is 21.7 Å². The van der Waals surface area contributed by atoms with Crippen molar-refractivity contribution in [3.05, 3.63) is 52.0 Å². The van der Waals surface area contributed by atoms with Crippen LogP contribution in [0.15, 0.2) is 35.1 Å². The number of ketones is 1. The van der Waals surface area contributed by atoms with Gasteiger partial charge in [0.25, 0.3) is 0 Å². The topological polar surface area (TPSA) is 34.9 Å². The fraction of sp³-hybridized carbons (Fsp3) is 0.412. The van der Waals surface area contributed by atoms with Gasteiger partial charge < -0.3 is 4.57 Å². The lowest BCUT2D eigenvalue weighted by atomic mass is 10.0. The summed E-state index contributed by atoms with van der Waals surface area (Å²) in [6, 6.07) is 7.59. The molecule has 3 nitrogen and oxygen atoms in total. The first-order chi connectivity index (χ1) is 10.2. The number of carbonyl (C=O) groups excluding carboxylic acids is 1. The molecule has 0 atom stereocenters. The molecule has 2 aromatic rings. The zero-order valence-electron chi connectivity index (χ0n) is 12.0. The lowest BCUT2D eigenvalue weighted by molar-refractivity contribution is 0.0978. The summed E-state index contributed by atoms with van der Waals surface area (Å²) in [6.07, 6.45) is 8.17. The van der Waals surface area contributed by atoms with Gasteiger partial charge in [-0.2, -0.15) is 0 Å². The maximum absolute atomic E-state index is 12.1. The summed E-state index contributed by atoms with van der Waals surface area (Å²) in [5, 5.41) is 0. The number of hydrogen-bond donors (Lipinski definition) is 0. The predicted octanol–water partition coefficient (Wildman–Crippen LogP) is 4.19. The minimum absolute atomic E-state index is 0.219.